The van der Waals surface area contributed by atoms with Crippen molar-refractivity contribution in [1.29, 1.82) is 0 Å². The second-order valence-electron chi connectivity index (χ2n) is 2.65. The molecule has 1 atom stereocenters. The SMILES string of the molecule is C#CCN1CCC[C@H]1CO. The van der Waals surface area contributed by atoms with Gasteiger partial charge in [-0.2, -0.15) is 0 Å². The molecule has 0 unspecified atom stereocenters. The Hall–Kier alpha value is -0.520. The van der Waals surface area contributed by atoms with E-state index < -0.39 is 0 Å². The second kappa shape index (κ2) is 3.60. The van der Waals surface area contributed by atoms with E-state index in [1.54, 1.807) is 0 Å². The van der Waals surface area contributed by atoms with Gasteiger partial charge in [0.2, 0.25) is 0 Å². The summed E-state index contributed by atoms with van der Waals surface area (Å²) in [7, 11) is 0. The Morgan fingerprint density at radius 3 is 3.10 bits per heavy atom. The van der Waals surface area contributed by atoms with Crippen molar-refractivity contribution < 1.29 is 5.11 Å². The van der Waals surface area contributed by atoms with Crippen LogP contribution in [-0.2, 0) is 0 Å². The van der Waals surface area contributed by atoms with Crippen LogP contribution < -0.4 is 0 Å². The Morgan fingerprint density at radius 2 is 2.50 bits per heavy atom. The number of aliphatic hydroxyl groups is 1. The fourth-order valence-electron chi connectivity index (χ4n) is 1.43. The average molecular weight is 139 g/mol. The third-order valence-electron chi connectivity index (χ3n) is 2.00. The number of nitrogens with zero attached hydrogens (tertiary/aromatic N) is 1. The van der Waals surface area contributed by atoms with Gasteiger partial charge in [0.05, 0.1) is 13.2 Å². The van der Waals surface area contributed by atoms with Crippen LogP contribution in [-0.4, -0.2) is 35.7 Å². The Kier molecular flexibility index (Phi) is 2.73. The van der Waals surface area contributed by atoms with E-state index in [1.165, 1.54) is 6.42 Å². The minimum absolute atomic E-state index is 0.252. The molecule has 2 nitrogen and oxygen atoms in total. The summed E-state index contributed by atoms with van der Waals surface area (Å²) < 4.78 is 0. The summed E-state index contributed by atoms with van der Waals surface area (Å²) in [6.45, 7) is 1.99. The van der Waals surface area contributed by atoms with Crippen LogP contribution in [0, 0.1) is 12.3 Å². The number of hydrogen-bond donors (Lipinski definition) is 1. The third kappa shape index (κ3) is 1.50. The lowest BCUT2D eigenvalue weighted by Gasteiger charge is -2.19. The number of terminal acetylenes is 1. The molecule has 0 aromatic rings. The molecule has 0 spiro atoms. The minimum Gasteiger partial charge on any atom is -0.395 e. The van der Waals surface area contributed by atoms with Crippen LogP contribution in [0.2, 0.25) is 0 Å². The Labute approximate surface area is 61.8 Å². The van der Waals surface area contributed by atoms with Crippen LogP contribution in [0.5, 0.6) is 0 Å². The lowest BCUT2D eigenvalue weighted by molar-refractivity contribution is 0.171. The number of likely N-dealkylation sites (tertiary alicyclic amines) is 1. The van der Waals surface area contributed by atoms with Gasteiger partial charge in [-0.05, 0) is 19.4 Å². The summed E-state index contributed by atoms with van der Waals surface area (Å²) in [5, 5.41) is 8.85. The third-order valence-corrected chi connectivity index (χ3v) is 2.00. The van der Waals surface area contributed by atoms with E-state index >= 15 is 0 Å². The summed E-state index contributed by atoms with van der Waals surface area (Å²) in [4.78, 5) is 2.15. The molecule has 2 heteroatoms. The molecule has 1 saturated heterocycles. The summed E-state index contributed by atoms with van der Waals surface area (Å²) in [6.07, 6.45) is 7.42. The first-order valence-electron chi connectivity index (χ1n) is 3.67. The lowest BCUT2D eigenvalue weighted by Crippen LogP contribution is -2.32. The normalized spacial score (nSPS) is 26.6. The molecule has 0 amide bonds. The molecule has 0 aromatic carbocycles. The minimum atomic E-state index is 0.252. The molecule has 10 heavy (non-hydrogen) atoms. The van der Waals surface area contributed by atoms with Gasteiger partial charge in [-0.25, -0.2) is 0 Å². The molecule has 1 fully saturated rings. The molecule has 1 aliphatic heterocycles. The van der Waals surface area contributed by atoms with Gasteiger partial charge in [0.1, 0.15) is 0 Å². The zero-order valence-electron chi connectivity index (χ0n) is 6.08. The summed E-state index contributed by atoms with van der Waals surface area (Å²) >= 11 is 0. The summed E-state index contributed by atoms with van der Waals surface area (Å²) in [6, 6.07) is 0.330. The molecular weight excluding hydrogens is 126 g/mol. The molecule has 0 aliphatic carbocycles. The molecule has 0 bridgehead atoms. The maximum Gasteiger partial charge on any atom is 0.0602 e. The number of hydrogen-bond acceptors (Lipinski definition) is 2. The lowest BCUT2D eigenvalue weighted by atomic mass is 10.2. The quantitative estimate of drug-likeness (QED) is 0.547. The predicted octanol–water partition coefficient (Wildman–Crippen LogP) is 0.0763. The maximum atomic E-state index is 8.85. The number of rotatable bonds is 2. The molecule has 1 rings (SSSR count). The molecule has 1 aliphatic rings. The van der Waals surface area contributed by atoms with Gasteiger partial charge in [0.15, 0.2) is 0 Å². The van der Waals surface area contributed by atoms with Gasteiger partial charge >= 0.3 is 0 Å². The van der Waals surface area contributed by atoms with Gasteiger partial charge in [-0.3, -0.25) is 4.90 Å². The number of aliphatic hydroxyl groups excluding tert-OH is 1. The first-order chi connectivity index (χ1) is 4.88. The predicted molar refractivity (Wildman–Crippen MR) is 40.5 cm³/mol. The molecule has 0 aromatic heterocycles. The Morgan fingerprint density at radius 1 is 1.70 bits per heavy atom. The van der Waals surface area contributed by atoms with Gasteiger partial charge in [0.25, 0.3) is 0 Å². The van der Waals surface area contributed by atoms with Crippen LogP contribution in [0.3, 0.4) is 0 Å². The zero-order valence-corrected chi connectivity index (χ0v) is 6.08. The van der Waals surface area contributed by atoms with Crippen molar-refractivity contribution in [2.45, 2.75) is 18.9 Å². The van der Waals surface area contributed by atoms with Crippen molar-refractivity contribution in [3.8, 4) is 12.3 Å². The van der Waals surface area contributed by atoms with E-state index in [1.807, 2.05) is 0 Å². The van der Waals surface area contributed by atoms with Crippen molar-refractivity contribution >= 4 is 0 Å². The standard InChI is InChI=1S/C8H13NO/c1-2-5-9-6-3-4-8(9)7-10/h1,8,10H,3-7H2/t8-/m0/s1. The van der Waals surface area contributed by atoms with Crippen LogP contribution in [0.1, 0.15) is 12.8 Å². The highest BCUT2D eigenvalue weighted by Gasteiger charge is 2.21. The highest BCUT2D eigenvalue weighted by Crippen LogP contribution is 2.14. The fraction of sp³-hybridized carbons (Fsp3) is 0.750. The summed E-state index contributed by atoms with van der Waals surface area (Å²) in [5.74, 6) is 2.59. The van der Waals surface area contributed by atoms with E-state index in [0.717, 1.165) is 13.0 Å². The molecule has 0 radical (unpaired) electrons. The van der Waals surface area contributed by atoms with E-state index in [0.29, 0.717) is 12.6 Å². The van der Waals surface area contributed by atoms with Gasteiger partial charge in [0, 0.05) is 6.04 Å². The molecule has 0 saturated carbocycles. The molecule has 56 valence electrons. The van der Waals surface area contributed by atoms with Crippen molar-refractivity contribution in [3.05, 3.63) is 0 Å². The average Bonchev–Trinajstić information content (AvgIpc) is 2.36. The van der Waals surface area contributed by atoms with Crippen LogP contribution in [0.15, 0.2) is 0 Å². The topological polar surface area (TPSA) is 23.5 Å². The zero-order chi connectivity index (χ0) is 7.40. The largest absolute Gasteiger partial charge is 0.395 e. The van der Waals surface area contributed by atoms with Crippen LogP contribution >= 0.6 is 0 Å². The Bertz CT molecular complexity index is 139. The first-order valence-corrected chi connectivity index (χ1v) is 3.67. The van der Waals surface area contributed by atoms with Gasteiger partial charge < -0.3 is 5.11 Å². The van der Waals surface area contributed by atoms with Gasteiger partial charge in [-0.15, -0.1) is 6.42 Å². The second-order valence-corrected chi connectivity index (χ2v) is 2.65. The monoisotopic (exact) mass is 139 g/mol. The summed E-state index contributed by atoms with van der Waals surface area (Å²) in [5.41, 5.74) is 0. The van der Waals surface area contributed by atoms with Crippen molar-refractivity contribution in [2.24, 2.45) is 0 Å². The fourth-order valence-corrected chi connectivity index (χ4v) is 1.43. The van der Waals surface area contributed by atoms with Crippen molar-refractivity contribution in [2.75, 3.05) is 19.7 Å². The first kappa shape index (κ1) is 7.59. The van der Waals surface area contributed by atoms with Crippen LogP contribution in [0.25, 0.3) is 0 Å². The molecule has 1 heterocycles. The van der Waals surface area contributed by atoms with E-state index in [2.05, 4.69) is 10.8 Å². The van der Waals surface area contributed by atoms with Crippen molar-refractivity contribution in [1.82, 2.24) is 4.90 Å². The van der Waals surface area contributed by atoms with E-state index in [9.17, 15) is 0 Å². The van der Waals surface area contributed by atoms with E-state index in [4.69, 9.17) is 11.5 Å². The van der Waals surface area contributed by atoms with Crippen LogP contribution in [0.4, 0.5) is 0 Å². The maximum absolute atomic E-state index is 8.85. The Balaban J connectivity index is 2.36. The molecular formula is C8H13NO. The van der Waals surface area contributed by atoms with Crippen molar-refractivity contribution in [3.63, 3.8) is 0 Å². The smallest absolute Gasteiger partial charge is 0.0602 e. The highest BCUT2D eigenvalue weighted by atomic mass is 16.3. The molecule has 1 N–H and O–H groups in total. The highest BCUT2D eigenvalue weighted by molar-refractivity contribution is 4.92. The van der Waals surface area contributed by atoms with E-state index in [-0.39, 0.29) is 6.61 Å². The van der Waals surface area contributed by atoms with Gasteiger partial charge in [-0.1, -0.05) is 5.92 Å².